The molecule has 0 N–H and O–H groups in total. The zero-order valence-electron chi connectivity index (χ0n) is 16.7. The minimum atomic E-state index is 0.412. The lowest BCUT2D eigenvalue weighted by atomic mass is 9.96. The minimum absolute atomic E-state index is 0.412. The molecule has 8 heteroatoms. The van der Waals surface area contributed by atoms with Crippen LogP contribution in [0.2, 0.25) is 0 Å². The molecule has 1 aliphatic heterocycles. The summed E-state index contributed by atoms with van der Waals surface area (Å²) in [6, 6.07) is 4.41. The normalized spacial score (nSPS) is 17.4. The molecule has 6 rings (SSSR count). The maximum absolute atomic E-state index is 5.11. The van der Waals surface area contributed by atoms with E-state index in [-0.39, 0.29) is 0 Å². The van der Waals surface area contributed by atoms with Gasteiger partial charge in [-0.1, -0.05) is 5.21 Å². The van der Waals surface area contributed by atoms with Crippen LogP contribution in [0.15, 0.2) is 36.9 Å². The highest BCUT2D eigenvalue weighted by Gasteiger charge is 2.27. The Kier molecular flexibility index (Phi) is 4.44. The molecule has 5 heterocycles. The zero-order chi connectivity index (χ0) is 19.9. The lowest BCUT2D eigenvalue weighted by Crippen LogP contribution is -2.35. The molecule has 0 radical (unpaired) electrons. The molecule has 2 aliphatic rings. The molecule has 30 heavy (non-hydrogen) atoms. The Hall–Kier alpha value is -2.87. The predicted octanol–water partition coefficient (Wildman–Crippen LogP) is 4.07. The van der Waals surface area contributed by atoms with Gasteiger partial charge < -0.3 is 4.90 Å². The van der Waals surface area contributed by atoms with Crippen LogP contribution in [0.1, 0.15) is 42.2 Å². The molecule has 0 aromatic carbocycles. The number of thiophene rings is 1. The van der Waals surface area contributed by atoms with Crippen molar-refractivity contribution in [1.82, 2.24) is 29.9 Å². The number of hydrogen-bond donors (Lipinski definition) is 0. The molecule has 0 amide bonds. The van der Waals surface area contributed by atoms with E-state index >= 15 is 0 Å². The molecule has 0 spiro atoms. The van der Waals surface area contributed by atoms with Crippen molar-refractivity contribution < 1.29 is 0 Å². The molecule has 152 valence electrons. The van der Waals surface area contributed by atoms with Crippen LogP contribution in [0.4, 0.5) is 5.82 Å². The Morgan fingerprint density at radius 3 is 2.73 bits per heavy atom. The monoisotopic (exact) mass is 417 g/mol. The van der Waals surface area contributed by atoms with Crippen LogP contribution in [0, 0.1) is 0 Å². The highest BCUT2D eigenvalue weighted by atomic mass is 32.1. The first-order valence-corrected chi connectivity index (χ1v) is 11.5. The molecular formula is C22H23N7S. The van der Waals surface area contributed by atoms with Gasteiger partial charge in [-0.05, 0) is 56.2 Å². The number of rotatable bonds is 3. The van der Waals surface area contributed by atoms with E-state index in [9.17, 15) is 0 Å². The van der Waals surface area contributed by atoms with Crippen molar-refractivity contribution in [3.05, 3.63) is 47.4 Å². The third-order valence-electron chi connectivity index (χ3n) is 6.29. The van der Waals surface area contributed by atoms with Crippen molar-refractivity contribution in [3.8, 4) is 11.4 Å². The Labute approximate surface area is 178 Å². The summed E-state index contributed by atoms with van der Waals surface area (Å²) in [6.45, 7) is 1.93. The average molecular weight is 418 g/mol. The highest BCUT2D eigenvalue weighted by molar-refractivity contribution is 7.19. The molecule has 1 fully saturated rings. The molecule has 4 aromatic heterocycles. The van der Waals surface area contributed by atoms with E-state index in [0.717, 1.165) is 54.4 Å². The van der Waals surface area contributed by atoms with Gasteiger partial charge in [0.05, 0.1) is 17.6 Å². The SMILES string of the molecule is c1cncc(-c2nc(N3CCC(n4ccnn4)CC3)c3c4c(sc3n2)CCCC4)c1. The van der Waals surface area contributed by atoms with Crippen LogP contribution < -0.4 is 4.90 Å². The van der Waals surface area contributed by atoms with Crippen LogP contribution in [0.25, 0.3) is 21.6 Å². The Balaban J connectivity index is 1.42. The van der Waals surface area contributed by atoms with Crippen molar-refractivity contribution >= 4 is 27.4 Å². The van der Waals surface area contributed by atoms with Gasteiger partial charge in [0.25, 0.3) is 0 Å². The molecule has 0 saturated carbocycles. The van der Waals surface area contributed by atoms with Gasteiger partial charge in [0.2, 0.25) is 0 Å². The standard InChI is InChI=1S/C22H23N7S/c1-2-6-18-17(5-1)19-21(28-11-7-16(8-12-28)29-13-10-24-27-29)25-20(26-22(19)30-18)15-4-3-9-23-14-15/h3-4,9-10,13-14,16H,1-2,5-8,11-12H2. The second-order valence-corrected chi connectivity index (χ2v) is 9.19. The lowest BCUT2D eigenvalue weighted by Gasteiger charge is -2.33. The molecule has 0 bridgehead atoms. The van der Waals surface area contributed by atoms with Gasteiger partial charge in [0.15, 0.2) is 5.82 Å². The molecule has 1 aliphatic carbocycles. The van der Waals surface area contributed by atoms with Crippen molar-refractivity contribution in [2.24, 2.45) is 0 Å². The summed E-state index contributed by atoms with van der Waals surface area (Å²) in [5.74, 6) is 1.89. The second kappa shape index (κ2) is 7.43. The number of nitrogens with zero attached hydrogens (tertiary/aromatic N) is 7. The van der Waals surface area contributed by atoms with E-state index in [1.54, 1.807) is 12.4 Å². The third kappa shape index (κ3) is 3.06. The van der Waals surface area contributed by atoms with E-state index in [0.29, 0.717) is 6.04 Å². The average Bonchev–Trinajstić information content (AvgIpc) is 3.47. The first kappa shape index (κ1) is 17.9. The first-order valence-electron chi connectivity index (χ1n) is 10.7. The summed E-state index contributed by atoms with van der Waals surface area (Å²) in [7, 11) is 0. The van der Waals surface area contributed by atoms with Crippen molar-refractivity contribution in [2.75, 3.05) is 18.0 Å². The predicted molar refractivity (Wildman–Crippen MR) is 118 cm³/mol. The fourth-order valence-electron chi connectivity index (χ4n) is 4.75. The summed E-state index contributed by atoms with van der Waals surface area (Å²) in [5.41, 5.74) is 2.47. The van der Waals surface area contributed by atoms with Crippen molar-refractivity contribution in [1.29, 1.82) is 0 Å². The van der Waals surface area contributed by atoms with Gasteiger partial charge in [-0.3, -0.25) is 4.98 Å². The van der Waals surface area contributed by atoms with Crippen LogP contribution in [-0.4, -0.2) is 43.0 Å². The maximum Gasteiger partial charge on any atom is 0.164 e. The Morgan fingerprint density at radius 2 is 1.93 bits per heavy atom. The summed E-state index contributed by atoms with van der Waals surface area (Å²) in [6.07, 6.45) is 14.3. The third-order valence-corrected chi connectivity index (χ3v) is 7.48. The molecule has 0 atom stereocenters. The van der Waals surface area contributed by atoms with Gasteiger partial charge in [0, 0.05) is 42.1 Å². The fraction of sp³-hybridized carbons (Fsp3) is 0.409. The summed E-state index contributed by atoms with van der Waals surface area (Å²) >= 11 is 1.86. The molecule has 7 nitrogen and oxygen atoms in total. The van der Waals surface area contributed by atoms with E-state index < -0.39 is 0 Å². The minimum Gasteiger partial charge on any atom is -0.356 e. The molecule has 4 aromatic rings. The molecule has 1 saturated heterocycles. The second-order valence-electron chi connectivity index (χ2n) is 8.10. The largest absolute Gasteiger partial charge is 0.356 e. The molecule has 0 unspecified atom stereocenters. The number of fused-ring (bicyclic) bond motifs is 3. The van der Waals surface area contributed by atoms with Crippen LogP contribution >= 0.6 is 11.3 Å². The topological polar surface area (TPSA) is 72.6 Å². The lowest BCUT2D eigenvalue weighted by molar-refractivity contribution is 0.359. The van der Waals surface area contributed by atoms with Gasteiger partial charge in [-0.25, -0.2) is 14.6 Å². The number of anilines is 1. The molecular weight excluding hydrogens is 394 g/mol. The number of pyridine rings is 1. The van der Waals surface area contributed by atoms with E-state index in [2.05, 4.69) is 20.2 Å². The van der Waals surface area contributed by atoms with Gasteiger partial charge in [-0.15, -0.1) is 16.4 Å². The summed E-state index contributed by atoms with van der Waals surface area (Å²) in [4.78, 5) is 19.5. The van der Waals surface area contributed by atoms with Crippen molar-refractivity contribution in [2.45, 2.75) is 44.6 Å². The van der Waals surface area contributed by atoms with Crippen LogP contribution in [-0.2, 0) is 12.8 Å². The van der Waals surface area contributed by atoms with Gasteiger partial charge in [-0.2, -0.15) is 0 Å². The highest BCUT2D eigenvalue weighted by Crippen LogP contribution is 2.41. The zero-order valence-corrected chi connectivity index (χ0v) is 17.6. The number of piperidine rings is 1. The maximum atomic E-state index is 5.11. The van der Waals surface area contributed by atoms with E-state index in [4.69, 9.17) is 9.97 Å². The number of aromatic nitrogens is 6. The van der Waals surface area contributed by atoms with E-state index in [1.807, 2.05) is 40.5 Å². The summed E-state index contributed by atoms with van der Waals surface area (Å²) < 4.78 is 2.00. The van der Waals surface area contributed by atoms with Crippen LogP contribution in [0.3, 0.4) is 0 Å². The van der Waals surface area contributed by atoms with Crippen molar-refractivity contribution in [3.63, 3.8) is 0 Å². The van der Waals surface area contributed by atoms with Gasteiger partial charge in [0.1, 0.15) is 10.6 Å². The Morgan fingerprint density at radius 1 is 1.03 bits per heavy atom. The fourth-order valence-corrected chi connectivity index (χ4v) is 6.00. The Bertz CT molecular complexity index is 1160. The number of aryl methyl sites for hydroxylation is 2. The number of hydrogen-bond acceptors (Lipinski definition) is 7. The van der Waals surface area contributed by atoms with Gasteiger partial charge >= 0.3 is 0 Å². The van der Waals surface area contributed by atoms with E-state index in [1.165, 1.54) is 35.1 Å². The van der Waals surface area contributed by atoms with Crippen LogP contribution in [0.5, 0.6) is 0 Å². The first-order chi connectivity index (χ1) is 14.9. The quantitative estimate of drug-likeness (QED) is 0.500. The smallest absolute Gasteiger partial charge is 0.164 e. The summed E-state index contributed by atoms with van der Waals surface area (Å²) in [5, 5.41) is 9.48.